The third kappa shape index (κ3) is 3.52. The summed E-state index contributed by atoms with van der Waals surface area (Å²) in [7, 11) is 0. The highest BCUT2D eigenvalue weighted by Crippen LogP contribution is 2.45. The van der Waals surface area contributed by atoms with Crippen molar-refractivity contribution in [3.63, 3.8) is 0 Å². The van der Waals surface area contributed by atoms with Gasteiger partial charge in [-0.25, -0.2) is 0 Å². The molecule has 1 saturated heterocycles. The summed E-state index contributed by atoms with van der Waals surface area (Å²) in [5, 5.41) is 12.7. The summed E-state index contributed by atoms with van der Waals surface area (Å²) in [6, 6.07) is 6.56. The monoisotopic (exact) mass is 427 g/mol. The predicted octanol–water partition coefficient (Wildman–Crippen LogP) is 3.83. The molecule has 31 heavy (non-hydrogen) atoms. The second-order valence-corrected chi connectivity index (χ2v) is 7.91. The van der Waals surface area contributed by atoms with Gasteiger partial charge in [0.2, 0.25) is 0 Å². The predicted molar refractivity (Wildman–Crippen MR) is 113 cm³/mol. The molecule has 7 nitrogen and oxygen atoms in total. The fraction of sp³-hybridized carbons (Fsp3) is 0.409. The van der Waals surface area contributed by atoms with Crippen molar-refractivity contribution in [3.05, 3.63) is 47.3 Å². The molecule has 5 rings (SSSR count). The summed E-state index contributed by atoms with van der Waals surface area (Å²) in [5.41, 5.74) is 3.05. The van der Waals surface area contributed by atoms with Crippen molar-refractivity contribution in [1.29, 1.82) is 0 Å². The lowest BCUT2D eigenvalue weighted by Gasteiger charge is -2.28. The number of pyridine rings is 1. The molecule has 2 aliphatic heterocycles. The minimum atomic E-state index is -2.97. The number of anilines is 2. The van der Waals surface area contributed by atoms with E-state index in [9.17, 15) is 8.78 Å². The average molecular weight is 427 g/mol. The van der Waals surface area contributed by atoms with Crippen LogP contribution in [-0.4, -0.2) is 48.1 Å². The van der Waals surface area contributed by atoms with Crippen LogP contribution in [-0.2, 0) is 10.7 Å². The van der Waals surface area contributed by atoms with Crippen LogP contribution in [0, 0.1) is 6.92 Å². The number of benzene rings is 1. The summed E-state index contributed by atoms with van der Waals surface area (Å²) >= 11 is 0. The SMILES string of the molecule is Cc1nnc(NC(C)c2cccc3c2OCC3(F)F)c2cc(N3CCOCC3)cnc12. The number of aromatic nitrogens is 3. The van der Waals surface area contributed by atoms with Crippen LogP contribution in [0.2, 0.25) is 0 Å². The molecule has 9 heteroatoms. The second-order valence-electron chi connectivity index (χ2n) is 7.91. The van der Waals surface area contributed by atoms with Gasteiger partial charge in [-0.05, 0) is 26.0 Å². The number of morpholine rings is 1. The molecule has 0 aliphatic carbocycles. The molecular weight excluding hydrogens is 404 g/mol. The Morgan fingerprint density at radius 3 is 2.81 bits per heavy atom. The highest BCUT2D eigenvalue weighted by Gasteiger charge is 2.42. The van der Waals surface area contributed by atoms with Crippen molar-refractivity contribution in [2.45, 2.75) is 25.8 Å². The first kappa shape index (κ1) is 19.9. The maximum Gasteiger partial charge on any atom is 0.310 e. The van der Waals surface area contributed by atoms with Crippen LogP contribution in [0.1, 0.15) is 29.8 Å². The number of para-hydroxylation sites is 1. The Morgan fingerprint density at radius 1 is 1.19 bits per heavy atom. The van der Waals surface area contributed by atoms with E-state index >= 15 is 0 Å². The van der Waals surface area contributed by atoms with Crippen molar-refractivity contribution < 1.29 is 18.3 Å². The Labute approximate surface area is 178 Å². The number of nitrogens with zero attached hydrogens (tertiary/aromatic N) is 4. The van der Waals surface area contributed by atoms with Crippen molar-refractivity contribution in [2.75, 3.05) is 43.1 Å². The van der Waals surface area contributed by atoms with Gasteiger partial charge in [-0.3, -0.25) is 4.98 Å². The van der Waals surface area contributed by atoms with E-state index in [1.807, 2.05) is 26.1 Å². The number of ether oxygens (including phenoxy) is 2. The molecule has 162 valence electrons. The maximum absolute atomic E-state index is 14.1. The number of halogens is 2. The molecule has 0 saturated carbocycles. The third-order valence-corrected chi connectivity index (χ3v) is 5.80. The molecule has 1 unspecified atom stereocenters. The molecule has 0 spiro atoms. The lowest BCUT2D eigenvalue weighted by molar-refractivity contribution is -0.0214. The number of alkyl halides is 2. The van der Waals surface area contributed by atoms with E-state index in [1.165, 1.54) is 6.07 Å². The van der Waals surface area contributed by atoms with E-state index in [2.05, 4.69) is 25.4 Å². The number of hydrogen-bond acceptors (Lipinski definition) is 7. The fourth-order valence-corrected chi connectivity index (χ4v) is 4.12. The maximum atomic E-state index is 14.1. The summed E-state index contributed by atoms with van der Waals surface area (Å²) in [4.78, 5) is 6.85. The van der Waals surface area contributed by atoms with Gasteiger partial charge in [0.1, 0.15) is 5.75 Å². The molecule has 0 amide bonds. The second kappa shape index (κ2) is 7.56. The first-order chi connectivity index (χ1) is 14.9. The van der Waals surface area contributed by atoms with Crippen LogP contribution in [0.4, 0.5) is 20.3 Å². The number of rotatable bonds is 4. The first-order valence-electron chi connectivity index (χ1n) is 10.3. The standard InChI is InChI=1S/C22H23F2N5O2/c1-13(16-4-3-5-18-20(16)31-12-22(18,23)24)26-21-17-10-15(29-6-8-30-9-7-29)11-25-19(17)14(2)27-28-21/h3-5,10-11,13H,6-9,12H2,1-2H3,(H,26,28). The van der Waals surface area contributed by atoms with E-state index in [4.69, 9.17) is 9.47 Å². The third-order valence-electron chi connectivity index (χ3n) is 5.80. The van der Waals surface area contributed by atoms with Gasteiger partial charge < -0.3 is 19.7 Å². The Morgan fingerprint density at radius 2 is 2.00 bits per heavy atom. The van der Waals surface area contributed by atoms with Crippen molar-refractivity contribution >= 4 is 22.4 Å². The van der Waals surface area contributed by atoms with Crippen LogP contribution in [0.25, 0.3) is 10.9 Å². The largest absolute Gasteiger partial charge is 0.486 e. The molecule has 2 aromatic heterocycles. The molecular formula is C22H23F2N5O2. The lowest BCUT2D eigenvalue weighted by atomic mass is 10.0. The van der Waals surface area contributed by atoms with Gasteiger partial charge >= 0.3 is 5.92 Å². The minimum Gasteiger partial charge on any atom is -0.486 e. The number of nitrogens with one attached hydrogen (secondary N) is 1. The zero-order valence-electron chi connectivity index (χ0n) is 17.4. The van der Waals surface area contributed by atoms with Crippen molar-refractivity contribution in [2.24, 2.45) is 0 Å². The Balaban J connectivity index is 1.50. The Bertz CT molecular complexity index is 1130. The average Bonchev–Trinajstić information content (AvgIpc) is 3.11. The molecule has 4 heterocycles. The zero-order valence-corrected chi connectivity index (χ0v) is 17.4. The number of aryl methyl sites for hydroxylation is 1. The molecule has 0 radical (unpaired) electrons. The molecule has 1 aromatic carbocycles. The van der Waals surface area contributed by atoms with Crippen molar-refractivity contribution in [1.82, 2.24) is 15.2 Å². The van der Waals surface area contributed by atoms with E-state index in [-0.39, 0.29) is 17.4 Å². The minimum absolute atomic E-state index is 0.0743. The van der Waals surface area contributed by atoms with Crippen molar-refractivity contribution in [3.8, 4) is 5.75 Å². The van der Waals surface area contributed by atoms with Gasteiger partial charge in [-0.2, -0.15) is 13.9 Å². The molecule has 1 atom stereocenters. The van der Waals surface area contributed by atoms with Crippen LogP contribution >= 0.6 is 0 Å². The van der Waals surface area contributed by atoms with Gasteiger partial charge in [-0.1, -0.05) is 12.1 Å². The van der Waals surface area contributed by atoms with Gasteiger partial charge in [0, 0.05) is 24.0 Å². The lowest BCUT2D eigenvalue weighted by Crippen LogP contribution is -2.36. The molecule has 0 bridgehead atoms. The van der Waals surface area contributed by atoms with E-state index in [0.717, 1.165) is 35.4 Å². The number of fused-ring (bicyclic) bond motifs is 2. The topological polar surface area (TPSA) is 72.4 Å². The summed E-state index contributed by atoms with van der Waals surface area (Å²) in [6.07, 6.45) is 1.84. The highest BCUT2D eigenvalue weighted by molar-refractivity contribution is 5.92. The molecule has 1 N–H and O–H groups in total. The summed E-state index contributed by atoms with van der Waals surface area (Å²) in [5.74, 6) is -2.18. The van der Waals surface area contributed by atoms with E-state index in [1.54, 1.807) is 12.1 Å². The first-order valence-corrected chi connectivity index (χ1v) is 10.3. The molecule has 2 aliphatic rings. The van der Waals surface area contributed by atoms with Gasteiger partial charge in [-0.15, -0.1) is 5.10 Å². The Kier molecular flexibility index (Phi) is 4.85. The van der Waals surface area contributed by atoms with Gasteiger partial charge in [0.15, 0.2) is 12.4 Å². The zero-order chi connectivity index (χ0) is 21.6. The quantitative estimate of drug-likeness (QED) is 0.679. The van der Waals surface area contributed by atoms with E-state index < -0.39 is 12.5 Å². The smallest absolute Gasteiger partial charge is 0.310 e. The fourth-order valence-electron chi connectivity index (χ4n) is 4.12. The van der Waals surface area contributed by atoms with Crippen LogP contribution in [0.5, 0.6) is 5.75 Å². The van der Waals surface area contributed by atoms with E-state index in [0.29, 0.717) is 24.6 Å². The Hall–Kier alpha value is -3.07. The van der Waals surface area contributed by atoms with Crippen LogP contribution in [0.3, 0.4) is 0 Å². The summed E-state index contributed by atoms with van der Waals surface area (Å²) < 4.78 is 39.0. The van der Waals surface area contributed by atoms with Gasteiger partial charge in [0.25, 0.3) is 0 Å². The number of hydrogen-bond donors (Lipinski definition) is 1. The van der Waals surface area contributed by atoms with Crippen LogP contribution < -0.4 is 15.0 Å². The summed E-state index contributed by atoms with van der Waals surface area (Å²) in [6.45, 7) is 6.07. The molecule has 3 aromatic rings. The highest BCUT2D eigenvalue weighted by atomic mass is 19.3. The van der Waals surface area contributed by atoms with Crippen LogP contribution in [0.15, 0.2) is 30.5 Å². The molecule has 1 fully saturated rings. The van der Waals surface area contributed by atoms with Gasteiger partial charge in [0.05, 0.1) is 47.9 Å². The normalized spacial score (nSPS) is 18.5.